The second-order valence-corrected chi connectivity index (χ2v) is 5.42. The maximum atomic E-state index is 12.2. The van der Waals surface area contributed by atoms with Crippen molar-refractivity contribution in [2.24, 2.45) is 0 Å². The van der Waals surface area contributed by atoms with Crippen molar-refractivity contribution in [1.29, 1.82) is 0 Å². The zero-order valence-corrected chi connectivity index (χ0v) is 13.1. The first-order chi connectivity index (χ1) is 11.7. The normalized spacial score (nSPS) is 13.0. The molecule has 24 heavy (non-hydrogen) atoms. The average Bonchev–Trinajstić information content (AvgIpc) is 3.25. The SMILES string of the molecule is COc1cc2c(O)c3c(c(-c4ccoc4)c2cc1OC)C(=O)OC3. The number of aromatic hydroxyl groups is 1. The molecule has 0 bridgehead atoms. The summed E-state index contributed by atoms with van der Waals surface area (Å²) in [5, 5.41) is 11.9. The summed E-state index contributed by atoms with van der Waals surface area (Å²) in [6.45, 7) is 0.0368. The van der Waals surface area contributed by atoms with Gasteiger partial charge in [-0.1, -0.05) is 0 Å². The zero-order chi connectivity index (χ0) is 16.8. The first kappa shape index (κ1) is 14.4. The van der Waals surface area contributed by atoms with Gasteiger partial charge in [0.25, 0.3) is 0 Å². The standard InChI is InChI=1S/C18H14O6/c1-21-13-5-10-11(6-14(13)22-2)17(19)12-8-24-18(20)16(12)15(10)9-3-4-23-7-9/h3-7,19H,8H2,1-2H3. The molecule has 1 aliphatic heterocycles. The minimum Gasteiger partial charge on any atom is -0.507 e. The van der Waals surface area contributed by atoms with Crippen molar-refractivity contribution < 1.29 is 28.5 Å². The second-order valence-electron chi connectivity index (χ2n) is 5.42. The van der Waals surface area contributed by atoms with Gasteiger partial charge < -0.3 is 23.7 Å². The summed E-state index contributed by atoms with van der Waals surface area (Å²) in [4.78, 5) is 12.2. The third-order valence-electron chi connectivity index (χ3n) is 4.25. The minimum atomic E-state index is -0.465. The number of rotatable bonds is 3. The minimum absolute atomic E-state index is 0.0130. The van der Waals surface area contributed by atoms with Crippen molar-refractivity contribution in [2.75, 3.05) is 14.2 Å². The van der Waals surface area contributed by atoms with Crippen molar-refractivity contribution in [2.45, 2.75) is 6.61 Å². The van der Waals surface area contributed by atoms with Crippen molar-refractivity contribution >= 4 is 16.7 Å². The largest absolute Gasteiger partial charge is 0.507 e. The van der Waals surface area contributed by atoms with Crippen molar-refractivity contribution in [1.82, 2.24) is 0 Å². The molecule has 0 unspecified atom stereocenters. The molecule has 2 heterocycles. The van der Waals surface area contributed by atoms with Gasteiger partial charge in [-0.05, 0) is 23.6 Å². The number of carbonyl (C=O) groups is 1. The summed E-state index contributed by atoms with van der Waals surface area (Å²) >= 11 is 0. The molecule has 6 heteroatoms. The molecule has 0 fully saturated rings. The molecule has 0 aliphatic carbocycles. The molecule has 0 saturated carbocycles. The second kappa shape index (κ2) is 5.19. The van der Waals surface area contributed by atoms with Crippen LogP contribution in [0, 0.1) is 0 Å². The van der Waals surface area contributed by atoms with Crippen LogP contribution in [0.3, 0.4) is 0 Å². The molecule has 6 nitrogen and oxygen atoms in total. The zero-order valence-electron chi connectivity index (χ0n) is 13.1. The number of benzene rings is 2. The number of esters is 1. The third-order valence-corrected chi connectivity index (χ3v) is 4.25. The summed E-state index contributed by atoms with van der Waals surface area (Å²) in [7, 11) is 3.06. The number of phenolic OH excluding ortho intramolecular Hbond substituents is 1. The van der Waals surface area contributed by atoms with Crippen LogP contribution in [0.4, 0.5) is 0 Å². The topological polar surface area (TPSA) is 78.1 Å². The fraction of sp³-hybridized carbons (Fsp3) is 0.167. The lowest BCUT2D eigenvalue weighted by Crippen LogP contribution is -1.99. The van der Waals surface area contributed by atoms with Crippen LogP contribution < -0.4 is 9.47 Å². The van der Waals surface area contributed by atoms with E-state index in [1.165, 1.54) is 20.5 Å². The highest BCUT2D eigenvalue weighted by atomic mass is 16.5. The number of cyclic esters (lactones) is 1. The monoisotopic (exact) mass is 326 g/mol. The van der Waals surface area contributed by atoms with Gasteiger partial charge in [-0.25, -0.2) is 4.79 Å². The van der Waals surface area contributed by atoms with E-state index in [0.717, 1.165) is 5.56 Å². The van der Waals surface area contributed by atoms with E-state index in [4.69, 9.17) is 18.6 Å². The molecular formula is C18H14O6. The Morgan fingerprint density at radius 3 is 2.42 bits per heavy atom. The van der Waals surface area contributed by atoms with Crippen LogP contribution in [0.1, 0.15) is 15.9 Å². The number of carbonyl (C=O) groups excluding carboxylic acids is 1. The van der Waals surface area contributed by atoms with E-state index in [1.807, 2.05) is 0 Å². The molecular weight excluding hydrogens is 312 g/mol. The number of hydrogen-bond acceptors (Lipinski definition) is 6. The molecule has 3 aromatic rings. The summed E-state index contributed by atoms with van der Waals surface area (Å²) < 4.78 is 21.0. The molecule has 1 aromatic heterocycles. The van der Waals surface area contributed by atoms with E-state index in [2.05, 4.69) is 0 Å². The fourth-order valence-corrected chi connectivity index (χ4v) is 3.13. The van der Waals surface area contributed by atoms with E-state index >= 15 is 0 Å². The number of methoxy groups -OCH3 is 2. The van der Waals surface area contributed by atoms with Crippen LogP contribution >= 0.6 is 0 Å². The van der Waals surface area contributed by atoms with Crippen LogP contribution in [0.5, 0.6) is 17.2 Å². The van der Waals surface area contributed by atoms with Gasteiger partial charge in [0.2, 0.25) is 0 Å². The summed E-state index contributed by atoms with van der Waals surface area (Å²) in [5.74, 6) is 0.538. The Bertz CT molecular complexity index is 956. The van der Waals surface area contributed by atoms with Crippen molar-refractivity contribution in [3.63, 3.8) is 0 Å². The Hall–Kier alpha value is -3.15. The van der Waals surface area contributed by atoms with Gasteiger partial charge in [0, 0.05) is 22.1 Å². The molecule has 2 aromatic carbocycles. The molecule has 0 spiro atoms. The van der Waals surface area contributed by atoms with E-state index in [1.54, 1.807) is 24.5 Å². The number of fused-ring (bicyclic) bond motifs is 2. The van der Waals surface area contributed by atoms with Gasteiger partial charge in [0.05, 0.1) is 32.3 Å². The molecule has 1 aliphatic rings. The molecule has 4 rings (SSSR count). The average molecular weight is 326 g/mol. The van der Waals surface area contributed by atoms with Gasteiger partial charge in [-0.2, -0.15) is 0 Å². The van der Waals surface area contributed by atoms with Gasteiger partial charge in [-0.3, -0.25) is 0 Å². The number of ether oxygens (including phenoxy) is 3. The summed E-state index contributed by atoms with van der Waals surface area (Å²) in [6.07, 6.45) is 3.08. The number of furan rings is 1. The molecule has 1 N–H and O–H groups in total. The predicted molar refractivity (Wildman–Crippen MR) is 85.5 cm³/mol. The maximum absolute atomic E-state index is 12.2. The first-order valence-electron chi connectivity index (χ1n) is 7.29. The van der Waals surface area contributed by atoms with Crippen LogP contribution in [-0.4, -0.2) is 25.3 Å². The Kier molecular flexibility index (Phi) is 3.13. The Balaban J connectivity index is 2.19. The van der Waals surface area contributed by atoms with Gasteiger partial charge >= 0.3 is 5.97 Å². The van der Waals surface area contributed by atoms with Crippen molar-refractivity contribution in [3.8, 4) is 28.4 Å². The van der Waals surface area contributed by atoms with Gasteiger partial charge in [-0.15, -0.1) is 0 Å². The third kappa shape index (κ3) is 1.86. The molecule has 0 amide bonds. The van der Waals surface area contributed by atoms with E-state index in [-0.39, 0.29) is 12.4 Å². The molecule has 0 saturated heterocycles. The van der Waals surface area contributed by atoms with Crippen LogP contribution in [0.15, 0.2) is 35.1 Å². The van der Waals surface area contributed by atoms with E-state index < -0.39 is 5.97 Å². The van der Waals surface area contributed by atoms with Gasteiger partial charge in [0.1, 0.15) is 12.4 Å². The molecule has 122 valence electrons. The predicted octanol–water partition coefficient (Wildman–Crippen LogP) is 3.49. The lowest BCUT2D eigenvalue weighted by atomic mass is 9.90. The molecule has 0 atom stereocenters. The molecule has 0 radical (unpaired) electrons. The maximum Gasteiger partial charge on any atom is 0.339 e. The number of phenols is 1. The highest BCUT2D eigenvalue weighted by Crippen LogP contribution is 2.47. The highest BCUT2D eigenvalue weighted by Gasteiger charge is 2.32. The highest BCUT2D eigenvalue weighted by molar-refractivity contribution is 6.13. The van der Waals surface area contributed by atoms with E-state index in [0.29, 0.717) is 39.0 Å². The fourth-order valence-electron chi connectivity index (χ4n) is 3.13. The Morgan fingerprint density at radius 2 is 1.79 bits per heavy atom. The quantitative estimate of drug-likeness (QED) is 0.742. The first-order valence-corrected chi connectivity index (χ1v) is 7.29. The van der Waals surface area contributed by atoms with E-state index in [9.17, 15) is 9.90 Å². The summed E-state index contributed by atoms with van der Waals surface area (Å²) in [5.41, 5.74) is 2.20. The van der Waals surface area contributed by atoms with Crippen LogP contribution in [-0.2, 0) is 11.3 Å². The van der Waals surface area contributed by atoms with Crippen molar-refractivity contribution in [3.05, 3.63) is 41.9 Å². The lowest BCUT2D eigenvalue weighted by Gasteiger charge is -2.15. The number of hydrogen-bond donors (Lipinski definition) is 1. The van der Waals surface area contributed by atoms with Crippen LogP contribution in [0.25, 0.3) is 21.9 Å². The van der Waals surface area contributed by atoms with Crippen LogP contribution in [0.2, 0.25) is 0 Å². The lowest BCUT2D eigenvalue weighted by molar-refractivity contribution is 0.0535. The summed E-state index contributed by atoms with van der Waals surface area (Å²) in [6, 6.07) is 5.19. The Labute approximate surface area is 137 Å². The van der Waals surface area contributed by atoms with Gasteiger partial charge in [0.15, 0.2) is 11.5 Å². The smallest absolute Gasteiger partial charge is 0.339 e. The Morgan fingerprint density at radius 1 is 1.08 bits per heavy atom.